The van der Waals surface area contributed by atoms with Crippen molar-refractivity contribution in [2.45, 2.75) is 20.0 Å². The number of nitrogens with one attached hydrogen (secondary N) is 2. The van der Waals surface area contributed by atoms with Crippen LogP contribution >= 0.6 is 0 Å². The number of carbonyl (C=O) groups excluding carboxylic acids is 2. The number of anilines is 2. The number of amides is 2. The minimum atomic E-state index is -0.715. The zero-order valence-corrected chi connectivity index (χ0v) is 16.1. The van der Waals surface area contributed by atoms with Crippen LogP contribution in [0.5, 0.6) is 5.75 Å². The predicted molar refractivity (Wildman–Crippen MR) is 111 cm³/mol. The highest BCUT2D eigenvalue weighted by Crippen LogP contribution is 2.19. The van der Waals surface area contributed by atoms with E-state index in [4.69, 9.17) is 4.74 Å². The highest BCUT2D eigenvalue weighted by atomic mass is 19.1. The molecule has 0 heterocycles. The maximum atomic E-state index is 13.0. The molecule has 1 atom stereocenters. The van der Waals surface area contributed by atoms with Crippen molar-refractivity contribution in [1.82, 2.24) is 0 Å². The third-order valence-corrected chi connectivity index (χ3v) is 4.26. The molecule has 0 aliphatic rings. The van der Waals surface area contributed by atoms with Crippen molar-refractivity contribution in [1.29, 1.82) is 0 Å². The van der Waals surface area contributed by atoms with Gasteiger partial charge in [-0.05, 0) is 67.9 Å². The van der Waals surface area contributed by atoms with Gasteiger partial charge in [-0.2, -0.15) is 0 Å². The van der Waals surface area contributed by atoms with E-state index in [-0.39, 0.29) is 17.6 Å². The molecule has 0 saturated heterocycles. The summed E-state index contributed by atoms with van der Waals surface area (Å²) in [5, 5.41) is 5.44. The van der Waals surface area contributed by atoms with Crippen LogP contribution in [-0.4, -0.2) is 17.9 Å². The van der Waals surface area contributed by atoms with Crippen molar-refractivity contribution >= 4 is 23.2 Å². The van der Waals surface area contributed by atoms with Crippen LogP contribution in [0.2, 0.25) is 0 Å². The molecular weight excluding hydrogens is 371 g/mol. The zero-order chi connectivity index (χ0) is 20.8. The Balaban J connectivity index is 1.64. The molecule has 3 rings (SSSR count). The topological polar surface area (TPSA) is 67.4 Å². The summed E-state index contributed by atoms with van der Waals surface area (Å²) in [6.07, 6.45) is -0.715. The summed E-state index contributed by atoms with van der Waals surface area (Å²) in [5.41, 5.74) is 2.25. The zero-order valence-electron chi connectivity index (χ0n) is 16.1. The number of aryl methyl sites for hydroxylation is 1. The van der Waals surface area contributed by atoms with Crippen LogP contribution in [0.4, 0.5) is 15.8 Å². The first-order valence-electron chi connectivity index (χ1n) is 9.12. The number of hydrogen-bond acceptors (Lipinski definition) is 3. The van der Waals surface area contributed by atoms with Gasteiger partial charge in [0.05, 0.1) is 0 Å². The first kappa shape index (κ1) is 20.1. The van der Waals surface area contributed by atoms with Gasteiger partial charge in [0.2, 0.25) is 0 Å². The molecule has 0 saturated carbocycles. The molecule has 2 amide bonds. The SMILES string of the molecule is Cc1ccccc1OC(C)C(=O)Nc1cccc(C(=O)Nc2ccc(F)cc2)c1. The summed E-state index contributed by atoms with van der Waals surface area (Å²) in [7, 11) is 0. The fraction of sp³-hybridized carbons (Fsp3) is 0.130. The van der Waals surface area contributed by atoms with Gasteiger partial charge in [-0.25, -0.2) is 4.39 Å². The van der Waals surface area contributed by atoms with E-state index in [0.29, 0.717) is 22.7 Å². The molecular formula is C23H21FN2O3. The van der Waals surface area contributed by atoms with E-state index in [1.807, 2.05) is 25.1 Å². The summed E-state index contributed by atoms with van der Waals surface area (Å²) in [6.45, 7) is 3.57. The van der Waals surface area contributed by atoms with Crippen LogP contribution in [0.3, 0.4) is 0 Å². The molecule has 0 aliphatic carbocycles. The summed E-state index contributed by atoms with van der Waals surface area (Å²) in [4.78, 5) is 24.9. The molecule has 2 N–H and O–H groups in total. The molecule has 0 aromatic heterocycles. The largest absolute Gasteiger partial charge is 0.481 e. The predicted octanol–water partition coefficient (Wildman–Crippen LogP) is 4.79. The number of hydrogen-bond donors (Lipinski definition) is 2. The Morgan fingerprint density at radius 1 is 0.897 bits per heavy atom. The van der Waals surface area contributed by atoms with Crippen LogP contribution in [0.25, 0.3) is 0 Å². The van der Waals surface area contributed by atoms with Gasteiger partial charge in [-0.3, -0.25) is 9.59 Å². The highest BCUT2D eigenvalue weighted by Gasteiger charge is 2.16. The molecule has 0 bridgehead atoms. The molecule has 6 heteroatoms. The number of para-hydroxylation sites is 1. The Morgan fingerprint density at radius 2 is 1.62 bits per heavy atom. The molecule has 1 unspecified atom stereocenters. The fourth-order valence-corrected chi connectivity index (χ4v) is 2.65. The van der Waals surface area contributed by atoms with Crippen LogP contribution in [-0.2, 0) is 4.79 Å². The van der Waals surface area contributed by atoms with Crippen molar-refractivity contribution in [2.75, 3.05) is 10.6 Å². The molecule has 0 aliphatic heterocycles. The van der Waals surface area contributed by atoms with Gasteiger partial charge in [0, 0.05) is 16.9 Å². The first-order chi connectivity index (χ1) is 13.9. The van der Waals surface area contributed by atoms with E-state index >= 15 is 0 Å². The average Bonchev–Trinajstić information content (AvgIpc) is 2.71. The third-order valence-electron chi connectivity index (χ3n) is 4.26. The molecule has 148 valence electrons. The van der Waals surface area contributed by atoms with Crippen LogP contribution in [0.15, 0.2) is 72.8 Å². The van der Waals surface area contributed by atoms with Gasteiger partial charge >= 0.3 is 0 Å². The Kier molecular flexibility index (Phi) is 6.24. The van der Waals surface area contributed by atoms with E-state index in [0.717, 1.165) is 5.56 Å². The Hall–Kier alpha value is -3.67. The molecule has 29 heavy (non-hydrogen) atoms. The van der Waals surface area contributed by atoms with E-state index in [1.54, 1.807) is 37.3 Å². The van der Waals surface area contributed by atoms with Crippen molar-refractivity contribution < 1.29 is 18.7 Å². The van der Waals surface area contributed by atoms with Crippen molar-refractivity contribution in [3.05, 3.63) is 89.7 Å². The van der Waals surface area contributed by atoms with Gasteiger partial charge in [0.25, 0.3) is 11.8 Å². The fourth-order valence-electron chi connectivity index (χ4n) is 2.65. The second kappa shape index (κ2) is 9.01. The Bertz CT molecular complexity index is 1020. The van der Waals surface area contributed by atoms with Gasteiger partial charge in [0.15, 0.2) is 6.10 Å². The Labute approximate surface area is 168 Å². The van der Waals surface area contributed by atoms with Crippen LogP contribution in [0.1, 0.15) is 22.8 Å². The van der Waals surface area contributed by atoms with Gasteiger partial charge < -0.3 is 15.4 Å². The average molecular weight is 392 g/mol. The van der Waals surface area contributed by atoms with Gasteiger partial charge in [-0.15, -0.1) is 0 Å². The number of benzene rings is 3. The lowest BCUT2D eigenvalue weighted by molar-refractivity contribution is -0.122. The number of rotatable bonds is 6. The van der Waals surface area contributed by atoms with Gasteiger partial charge in [0.1, 0.15) is 11.6 Å². The first-order valence-corrected chi connectivity index (χ1v) is 9.12. The van der Waals surface area contributed by atoms with Crippen molar-refractivity contribution in [2.24, 2.45) is 0 Å². The lowest BCUT2D eigenvalue weighted by Crippen LogP contribution is -2.30. The summed E-state index contributed by atoms with van der Waals surface area (Å²) in [6, 6.07) is 19.5. The molecule has 0 radical (unpaired) electrons. The standard InChI is InChI=1S/C23H21FN2O3/c1-15-6-3-4-9-21(15)29-16(2)22(27)26-20-8-5-7-17(14-20)23(28)25-19-12-10-18(24)11-13-19/h3-14,16H,1-2H3,(H,25,28)(H,26,27). The lowest BCUT2D eigenvalue weighted by Gasteiger charge is -2.16. The smallest absolute Gasteiger partial charge is 0.265 e. The number of halogens is 1. The van der Waals surface area contributed by atoms with E-state index in [9.17, 15) is 14.0 Å². The normalized spacial score (nSPS) is 11.4. The number of ether oxygens (including phenoxy) is 1. The molecule has 3 aromatic rings. The van der Waals surface area contributed by atoms with E-state index < -0.39 is 6.10 Å². The summed E-state index contributed by atoms with van der Waals surface area (Å²) in [5.74, 6) is -0.432. The third kappa shape index (κ3) is 5.42. The second-order valence-corrected chi connectivity index (χ2v) is 6.56. The maximum Gasteiger partial charge on any atom is 0.265 e. The molecule has 3 aromatic carbocycles. The quantitative estimate of drug-likeness (QED) is 0.634. The molecule has 0 fully saturated rings. The maximum absolute atomic E-state index is 13.0. The van der Waals surface area contributed by atoms with Crippen LogP contribution in [0, 0.1) is 12.7 Å². The van der Waals surface area contributed by atoms with Crippen molar-refractivity contribution in [3.8, 4) is 5.75 Å². The van der Waals surface area contributed by atoms with Crippen LogP contribution < -0.4 is 15.4 Å². The minimum absolute atomic E-state index is 0.329. The monoisotopic (exact) mass is 392 g/mol. The van der Waals surface area contributed by atoms with Gasteiger partial charge in [-0.1, -0.05) is 24.3 Å². The van der Waals surface area contributed by atoms with Crippen molar-refractivity contribution in [3.63, 3.8) is 0 Å². The molecule has 5 nitrogen and oxygen atoms in total. The molecule has 0 spiro atoms. The highest BCUT2D eigenvalue weighted by molar-refractivity contribution is 6.05. The second-order valence-electron chi connectivity index (χ2n) is 6.56. The lowest BCUT2D eigenvalue weighted by atomic mass is 10.1. The van der Waals surface area contributed by atoms with E-state index in [2.05, 4.69) is 10.6 Å². The Morgan fingerprint density at radius 3 is 2.34 bits per heavy atom. The summed E-state index contributed by atoms with van der Waals surface area (Å²) >= 11 is 0. The number of carbonyl (C=O) groups is 2. The minimum Gasteiger partial charge on any atom is -0.481 e. The van der Waals surface area contributed by atoms with E-state index in [1.165, 1.54) is 24.3 Å². The summed E-state index contributed by atoms with van der Waals surface area (Å²) < 4.78 is 18.7.